The lowest BCUT2D eigenvalue weighted by Crippen LogP contribution is -2.43. The molecule has 3 rings (SSSR count). The lowest BCUT2D eigenvalue weighted by Gasteiger charge is -2.25. The zero-order chi connectivity index (χ0) is 22.4. The lowest BCUT2D eigenvalue weighted by molar-refractivity contribution is 0.346. The maximum Gasteiger partial charge on any atom is 0.262 e. The Hall–Kier alpha value is -3.38. The van der Waals surface area contributed by atoms with Crippen LogP contribution in [0.5, 0.6) is 0 Å². The van der Waals surface area contributed by atoms with Crippen molar-refractivity contribution in [1.82, 2.24) is 9.13 Å². The molecule has 6 nitrogen and oxygen atoms in total. The van der Waals surface area contributed by atoms with Crippen LogP contribution in [-0.2, 0) is 11.1 Å². The Balaban J connectivity index is 2.51. The Kier molecular flexibility index (Phi) is 5.08. The Morgan fingerprint density at radius 2 is 0.867 bits per heavy atom. The molecule has 2 aromatic heterocycles. The van der Waals surface area contributed by atoms with Gasteiger partial charge in [0.1, 0.15) is 11.1 Å². The first-order valence-corrected chi connectivity index (χ1v) is 10.1. The Bertz CT molecular complexity index is 1250. The highest BCUT2D eigenvalue weighted by molar-refractivity contribution is 5.98. The van der Waals surface area contributed by atoms with Gasteiger partial charge in [-0.1, -0.05) is 39.5 Å². The molecule has 0 radical (unpaired) electrons. The van der Waals surface area contributed by atoms with E-state index in [0.717, 1.165) is 9.13 Å². The summed E-state index contributed by atoms with van der Waals surface area (Å²) in [6, 6.07) is 2.68. The van der Waals surface area contributed by atoms with Crippen LogP contribution in [0.25, 0.3) is 21.5 Å². The minimum absolute atomic E-state index is 0.0857. The molecule has 1 aromatic carbocycles. The van der Waals surface area contributed by atoms with Crippen molar-refractivity contribution in [2.24, 2.45) is 0 Å². The van der Waals surface area contributed by atoms with Gasteiger partial charge in [0, 0.05) is 0 Å². The normalized spacial score (nSPS) is 12.3. The number of benzene rings is 1. The molecule has 0 fully saturated rings. The summed E-state index contributed by atoms with van der Waals surface area (Å²) in [5.41, 5.74) is -4.30. The molecule has 0 aliphatic carbocycles. The quantitative estimate of drug-likeness (QED) is 0.590. The third-order valence-electron chi connectivity index (χ3n) is 6.62. The van der Waals surface area contributed by atoms with Crippen molar-refractivity contribution in [3.63, 3.8) is 0 Å². The number of fused-ring (bicyclic) bond motifs is 2. The van der Waals surface area contributed by atoms with Gasteiger partial charge < -0.3 is 0 Å². The molecule has 0 N–H and O–H groups in total. The van der Waals surface area contributed by atoms with Crippen molar-refractivity contribution in [2.75, 3.05) is 0 Å². The first kappa shape index (κ1) is 21.3. The first-order valence-electron chi connectivity index (χ1n) is 10.1. The van der Waals surface area contributed by atoms with Crippen LogP contribution in [0.3, 0.4) is 0 Å². The van der Waals surface area contributed by atoms with Crippen molar-refractivity contribution in [1.29, 1.82) is 0 Å². The molecule has 30 heavy (non-hydrogen) atoms. The molecule has 3 aromatic rings. The lowest BCUT2D eigenvalue weighted by atomic mass is 9.93. The van der Waals surface area contributed by atoms with Crippen molar-refractivity contribution >= 4 is 21.5 Å². The average Bonchev–Trinajstić information content (AvgIpc) is 3.17. The monoisotopic (exact) mass is 404 g/mol. The highest BCUT2D eigenvalue weighted by Crippen LogP contribution is 2.26. The molecule has 0 saturated heterocycles. The molecule has 0 bridgehead atoms. The van der Waals surface area contributed by atoms with Crippen molar-refractivity contribution in [3.05, 3.63) is 53.5 Å². The summed E-state index contributed by atoms with van der Waals surface area (Å²) < 4.78 is 2.17. The van der Waals surface area contributed by atoms with E-state index >= 15 is 0 Å². The van der Waals surface area contributed by atoms with Crippen LogP contribution in [0.1, 0.15) is 53.4 Å². The van der Waals surface area contributed by atoms with Gasteiger partial charge in [-0.3, -0.25) is 28.3 Å². The van der Waals surface area contributed by atoms with E-state index in [4.69, 9.17) is 12.8 Å². The fourth-order valence-electron chi connectivity index (χ4n) is 4.42. The number of rotatable bonds is 6. The van der Waals surface area contributed by atoms with Crippen LogP contribution in [0, 0.1) is 24.7 Å². The molecule has 0 spiro atoms. The van der Waals surface area contributed by atoms with E-state index in [1.165, 1.54) is 12.1 Å². The molecular weight excluding hydrogens is 380 g/mol. The minimum Gasteiger partial charge on any atom is -0.269 e. The summed E-state index contributed by atoms with van der Waals surface area (Å²) in [4.78, 5) is 52.5. The maximum atomic E-state index is 13.1. The molecule has 0 aliphatic heterocycles. The van der Waals surface area contributed by atoms with Crippen molar-refractivity contribution in [2.45, 2.75) is 64.5 Å². The smallest absolute Gasteiger partial charge is 0.262 e. The van der Waals surface area contributed by atoms with Crippen LogP contribution >= 0.6 is 0 Å². The number of hydrogen-bond acceptors (Lipinski definition) is 4. The first-order chi connectivity index (χ1) is 14.2. The minimum atomic E-state index is -1.05. The molecule has 0 saturated carbocycles. The molecule has 2 heterocycles. The Morgan fingerprint density at radius 1 is 0.633 bits per heavy atom. The fraction of sp³-hybridized carbons (Fsp3) is 0.417. The molecule has 0 unspecified atom stereocenters. The zero-order valence-electron chi connectivity index (χ0n) is 17.7. The standard InChI is InChI=1S/C24H24N2O4/c1-7-23(8-2,9-3)25-19(27)15-13-17-18(14-16(15)20(25)28)22(30)26(21(17)29)24(10-4,11-5)12-6/h1,4,13-14H,8-9,11-12H2,2-3,5-6H3. The summed E-state index contributed by atoms with van der Waals surface area (Å²) in [6.07, 6.45) is 13.0. The van der Waals surface area contributed by atoms with Crippen molar-refractivity contribution < 1.29 is 0 Å². The second-order valence-corrected chi connectivity index (χ2v) is 7.60. The second-order valence-electron chi connectivity index (χ2n) is 7.60. The average molecular weight is 404 g/mol. The molecular formula is C24H24N2O4. The number of hydrogen-bond donors (Lipinski definition) is 0. The summed E-state index contributed by atoms with van der Waals surface area (Å²) in [6.45, 7) is 7.25. The van der Waals surface area contributed by atoms with Crippen LogP contribution in [0.2, 0.25) is 0 Å². The van der Waals surface area contributed by atoms with Crippen LogP contribution < -0.4 is 22.2 Å². The molecule has 154 valence electrons. The SMILES string of the molecule is C#CC(CC)(CC)n1c(=O)c2cc3c(=O)n(C(C#C)(CC)CC)c(=O)c3cc2c1=O. The van der Waals surface area contributed by atoms with Crippen LogP contribution in [0.4, 0.5) is 0 Å². The van der Waals surface area contributed by atoms with Gasteiger partial charge in [0.2, 0.25) is 0 Å². The van der Waals surface area contributed by atoms with Crippen molar-refractivity contribution in [3.8, 4) is 24.7 Å². The van der Waals surface area contributed by atoms with E-state index in [-0.39, 0.29) is 21.5 Å². The number of terminal acetylenes is 2. The topological polar surface area (TPSA) is 78.1 Å². The number of aromatic nitrogens is 2. The molecule has 0 aliphatic rings. The summed E-state index contributed by atoms with van der Waals surface area (Å²) in [5.74, 6) is 5.19. The largest absolute Gasteiger partial charge is 0.269 e. The fourth-order valence-corrected chi connectivity index (χ4v) is 4.42. The summed E-state index contributed by atoms with van der Waals surface area (Å²) >= 11 is 0. The van der Waals surface area contributed by atoms with Gasteiger partial charge in [0.05, 0.1) is 21.5 Å². The molecule has 0 amide bonds. The van der Waals surface area contributed by atoms with E-state index in [9.17, 15) is 19.2 Å². The van der Waals surface area contributed by atoms with Gasteiger partial charge >= 0.3 is 0 Å². The summed E-state index contributed by atoms with van der Waals surface area (Å²) in [7, 11) is 0. The van der Waals surface area contributed by atoms with Gasteiger partial charge in [-0.25, -0.2) is 0 Å². The highest BCUT2D eigenvalue weighted by Gasteiger charge is 2.34. The van der Waals surface area contributed by atoms with Crippen LogP contribution in [0.15, 0.2) is 31.3 Å². The Morgan fingerprint density at radius 3 is 1.03 bits per heavy atom. The van der Waals surface area contributed by atoms with E-state index in [0.29, 0.717) is 25.7 Å². The van der Waals surface area contributed by atoms with E-state index < -0.39 is 33.3 Å². The highest BCUT2D eigenvalue weighted by atomic mass is 16.2. The zero-order valence-corrected chi connectivity index (χ0v) is 17.7. The van der Waals surface area contributed by atoms with Gasteiger partial charge in [0.25, 0.3) is 22.2 Å². The Labute approximate surface area is 173 Å². The third kappa shape index (κ3) is 2.47. The molecule has 6 heteroatoms. The van der Waals surface area contributed by atoms with E-state index in [1.807, 2.05) is 27.7 Å². The van der Waals surface area contributed by atoms with Gasteiger partial charge in [-0.2, -0.15) is 0 Å². The van der Waals surface area contributed by atoms with E-state index in [1.54, 1.807) is 0 Å². The van der Waals surface area contributed by atoms with Gasteiger partial charge in [0.15, 0.2) is 0 Å². The summed E-state index contributed by atoms with van der Waals surface area (Å²) in [5, 5.41) is 0.343. The number of nitrogens with zero attached hydrogens (tertiary/aromatic N) is 2. The predicted octanol–water partition coefficient (Wildman–Crippen LogP) is 2.21. The van der Waals surface area contributed by atoms with E-state index in [2.05, 4.69) is 11.8 Å². The van der Waals surface area contributed by atoms with Crippen LogP contribution in [-0.4, -0.2) is 9.13 Å². The second kappa shape index (κ2) is 7.15. The molecule has 0 atom stereocenters. The predicted molar refractivity (Wildman–Crippen MR) is 120 cm³/mol. The third-order valence-corrected chi connectivity index (χ3v) is 6.62. The van der Waals surface area contributed by atoms with Gasteiger partial charge in [-0.05, 0) is 37.8 Å². The maximum absolute atomic E-state index is 13.1. The van der Waals surface area contributed by atoms with Gasteiger partial charge in [-0.15, -0.1) is 12.8 Å².